The summed E-state index contributed by atoms with van der Waals surface area (Å²) >= 11 is 0. The zero-order valence-electron chi connectivity index (χ0n) is 19.6. The van der Waals surface area contributed by atoms with Gasteiger partial charge in [-0.1, -0.05) is 44.9 Å². The molecule has 30 heavy (non-hydrogen) atoms. The van der Waals surface area contributed by atoms with Gasteiger partial charge < -0.3 is 20.4 Å². The van der Waals surface area contributed by atoms with Crippen molar-refractivity contribution in [2.24, 2.45) is 5.92 Å². The van der Waals surface area contributed by atoms with Crippen LogP contribution in [0.15, 0.2) is 18.2 Å². The lowest BCUT2D eigenvalue weighted by Crippen LogP contribution is -3.28. The van der Waals surface area contributed by atoms with Crippen LogP contribution in [0.25, 0.3) is 0 Å². The lowest BCUT2D eigenvalue weighted by molar-refractivity contribution is -1.00. The van der Waals surface area contributed by atoms with Gasteiger partial charge in [0.1, 0.15) is 26.2 Å². The third kappa shape index (κ3) is 8.44. The molecule has 0 aliphatic carbocycles. The number of carbonyl (C=O) groups is 2. The summed E-state index contributed by atoms with van der Waals surface area (Å²) in [5.41, 5.74) is 3.12. The first-order valence-electron chi connectivity index (χ1n) is 11.6. The first-order valence-corrected chi connectivity index (χ1v) is 11.6. The molecule has 1 fully saturated rings. The summed E-state index contributed by atoms with van der Waals surface area (Å²) in [7, 11) is 0. The average molecular weight is 419 g/mol. The summed E-state index contributed by atoms with van der Waals surface area (Å²) in [4.78, 5) is 27.4. The lowest BCUT2D eigenvalue weighted by Gasteiger charge is -2.29. The smallest absolute Gasteiger partial charge is 0.279 e. The molecule has 1 aliphatic rings. The summed E-state index contributed by atoms with van der Waals surface area (Å²) in [6.07, 6.45) is 3.43. The monoisotopic (exact) mass is 418 g/mol. The fourth-order valence-corrected chi connectivity index (χ4v) is 4.19. The van der Waals surface area contributed by atoms with E-state index in [0.29, 0.717) is 13.1 Å². The summed E-state index contributed by atoms with van der Waals surface area (Å²) in [5.74, 6) is 0.941. The Bertz CT molecular complexity index is 676. The molecule has 0 bridgehead atoms. The van der Waals surface area contributed by atoms with Gasteiger partial charge in [-0.05, 0) is 44.2 Å². The molecule has 1 aromatic carbocycles. The lowest BCUT2D eigenvalue weighted by atomic mass is 10.0. The van der Waals surface area contributed by atoms with Gasteiger partial charge in [0, 0.05) is 11.7 Å². The Morgan fingerprint density at radius 1 is 0.900 bits per heavy atom. The summed E-state index contributed by atoms with van der Waals surface area (Å²) < 4.78 is 0. The van der Waals surface area contributed by atoms with Gasteiger partial charge in [0.25, 0.3) is 11.8 Å². The van der Waals surface area contributed by atoms with Gasteiger partial charge in [0.2, 0.25) is 0 Å². The number of nitrogens with one attached hydrogen (secondary N) is 4. The van der Waals surface area contributed by atoms with E-state index in [1.54, 1.807) is 0 Å². The molecule has 1 aromatic rings. The maximum atomic E-state index is 12.5. The Kier molecular flexibility index (Phi) is 9.79. The SMILES string of the molecule is Cc1cccc(C)c1NC(=O)C[NH+]1CC[NH+](CC(=O)N[C@@H](C)CCCC(C)C)CC1. The first kappa shape index (κ1) is 24.4. The maximum Gasteiger partial charge on any atom is 0.279 e. The third-order valence-electron chi connectivity index (χ3n) is 6.06. The Morgan fingerprint density at radius 2 is 1.43 bits per heavy atom. The molecule has 6 nitrogen and oxygen atoms in total. The summed E-state index contributed by atoms with van der Waals surface area (Å²) in [6, 6.07) is 6.30. The third-order valence-corrected chi connectivity index (χ3v) is 6.06. The molecule has 1 saturated heterocycles. The van der Waals surface area contributed by atoms with E-state index in [4.69, 9.17) is 0 Å². The number of hydrogen-bond donors (Lipinski definition) is 4. The normalized spacial score (nSPS) is 20.1. The molecule has 6 heteroatoms. The summed E-state index contributed by atoms with van der Waals surface area (Å²) in [5, 5.41) is 6.24. The predicted octanol–water partition coefficient (Wildman–Crippen LogP) is 0.356. The van der Waals surface area contributed by atoms with Crippen molar-refractivity contribution >= 4 is 17.5 Å². The van der Waals surface area contributed by atoms with Gasteiger partial charge in [-0.3, -0.25) is 9.59 Å². The summed E-state index contributed by atoms with van der Waals surface area (Å²) in [6.45, 7) is 15.4. The molecular weight excluding hydrogens is 376 g/mol. The highest BCUT2D eigenvalue weighted by molar-refractivity contribution is 5.93. The van der Waals surface area contributed by atoms with Crippen molar-refractivity contribution in [1.82, 2.24) is 5.32 Å². The zero-order valence-corrected chi connectivity index (χ0v) is 19.6. The molecule has 168 valence electrons. The van der Waals surface area contributed by atoms with Crippen LogP contribution in [0, 0.1) is 19.8 Å². The van der Waals surface area contributed by atoms with E-state index in [0.717, 1.165) is 61.8 Å². The zero-order chi connectivity index (χ0) is 22.1. The van der Waals surface area contributed by atoms with Crippen LogP contribution in [0.2, 0.25) is 0 Å². The van der Waals surface area contributed by atoms with Crippen molar-refractivity contribution in [3.05, 3.63) is 29.3 Å². The highest BCUT2D eigenvalue weighted by Gasteiger charge is 2.26. The fourth-order valence-electron chi connectivity index (χ4n) is 4.19. The number of aryl methyl sites for hydroxylation is 2. The molecule has 2 amide bonds. The van der Waals surface area contributed by atoms with Crippen LogP contribution >= 0.6 is 0 Å². The van der Waals surface area contributed by atoms with E-state index in [2.05, 4.69) is 31.4 Å². The molecule has 0 spiro atoms. The van der Waals surface area contributed by atoms with Gasteiger partial charge in [-0.2, -0.15) is 0 Å². The average Bonchev–Trinajstić information content (AvgIpc) is 2.66. The van der Waals surface area contributed by atoms with E-state index in [9.17, 15) is 9.59 Å². The van der Waals surface area contributed by atoms with E-state index in [-0.39, 0.29) is 17.9 Å². The molecule has 1 atom stereocenters. The molecule has 0 aromatic heterocycles. The van der Waals surface area contributed by atoms with Crippen LogP contribution in [0.5, 0.6) is 0 Å². The molecule has 4 N–H and O–H groups in total. The Balaban J connectivity index is 1.67. The molecular formula is C24H42N4O2+2. The Labute approximate surface area is 182 Å². The van der Waals surface area contributed by atoms with E-state index in [1.165, 1.54) is 16.2 Å². The standard InChI is InChI=1S/C24H40N4O2/c1-18(2)8-6-11-21(5)25-22(29)16-27-12-14-28(15-13-27)17-23(30)26-24-19(3)9-7-10-20(24)4/h7,9-10,18,21H,6,8,11-17H2,1-5H3,(H,25,29)(H,26,30)/p+2/t21-/m0/s1. The highest BCUT2D eigenvalue weighted by Crippen LogP contribution is 2.18. The van der Waals surface area contributed by atoms with Gasteiger partial charge >= 0.3 is 0 Å². The van der Waals surface area contributed by atoms with E-state index >= 15 is 0 Å². The van der Waals surface area contributed by atoms with Crippen LogP contribution in [-0.2, 0) is 9.59 Å². The molecule has 0 saturated carbocycles. The number of anilines is 1. The van der Waals surface area contributed by atoms with Crippen molar-refractivity contribution in [3.63, 3.8) is 0 Å². The van der Waals surface area contributed by atoms with Gasteiger partial charge in [0.15, 0.2) is 13.1 Å². The largest absolute Gasteiger partial charge is 0.349 e. The predicted molar refractivity (Wildman–Crippen MR) is 122 cm³/mol. The number of para-hydroxylation sites is 1. The number of amides is 2. The van der Waals surface area contributed by atoms with Crippen molar-refractivity contribution in [1.29, 1.82) is 0 Å². The van der Waals surface area contributed by atoms with Crippen LogP contribution in [0.4, 0.5) is 5.69 Å². The molecule has 1 aliphatic heterocycles. The van der Waals surface area contributed by atoms with E-state index in [1.807, 2.05) is 32.0 Å². The minimum Gasteiger partial charge on any atom is -0.349 e. The van der Waals surface area contributed by atoms with Crippen LogP contribution < -0.4 is 20.4 Å². The number of hydrogen-bond acceptors (Lipinski definition) is 2. The van der Waals surface area contributed by atoms with Gasteiger partial charge in [-0.15, -0.1) is 0 Å². The Morgan fingerprint density at radius 3 is 1.97 bits per heavy atom. The minimum atomic E-state index is 0.0683. The second kappa shape index (κ2) is 12.1. The number of quaternary nitrogens is 2. The fraction of sp³-hybridized carbons (Fsp3) is 0.667. The van der Waals surface area contributed by atoms with Crippen LogP contribution in [-0.4, -0.2) is 57.1 Å². The quantitative estimate of drug-likeness (QED) is 0.443. The Hall–Kier alpha value is -1.92. The van der Waals surface area contributed by atoms with Crippen LogP contribution in [0.1, 0.15) is 51.2 Å². The van der Waals surface area contributed by atoms with Gasteiger partial charge in [-0.25, -0.2) is 0 Å². The molecule has 1 heterocycles. The van der Waals surface area contributed by atoms with Crippen molar-refractivity contribution in [3.8, 4) is 0 Å². The van der Waals surface area contributed by atoms with Crippen molar-refractivity contribution in [2.45, 2.75) is 59.9 Å². The first-order chi connectivity index (χ1) is 14.2. The minimum absolute atomic E-state index is 0.0683. The second-order valence-electron chi connectivity index (χ2n) is 9.46. The molecule has 2 rings (SSSR count). The second-order valence-corrected chi connectivity index (χ2v) is 9.46. The number of piperazine rings is 1. The van der Waals surface area contributed by atoms with Crippen molar-refractivity contribution < 1.29 is 19.4 Å². The highest BCUT2D eigenvalue weighted by atomic mass is 16.2. The number of rotatable bonds is 10. The topological polar surface area (TPSA) is 67.1 Å². The van der Waals surface area contributed by atoms with Crippen molar-refractivity contribution in [2.75, 3.05) is 44.6 Å². The number of benzene rings is 1. The molecule has 0 unspecified atom stereocenters. The van der Waals surface area contributed by atoms with Crippen LogP contribution in [0.3, 0.4) is 0 Å². The van der Waals surface area contributed by atoms with E-state index < -0.39 is 0 Å². The molecule has 0 radical (unpaired) electrons. The number of carbonyl (C=O) groups excluding carboxylic acids is 2. The van der Waals surface area contributed by atoms with Gasteiger partial charge in [0.05, 0.1) is 0 Å². The maximum absolute atomic E-state index is 12.5.